The molecule has 3 nitrogen and oxygen atoms in total. The molecule has 3 rings (SSSR count). The highest BCUT2D eigenvalue weighted by Gasteiger charge is 2.38. The molecule has 1 aliphatic rings. The Bertz CT molecular complexity index is 753. The normalized spacial score (nSPS) is 17.7. The minimum absolute atomic E-state index is 0.0316. The van der Waals surface area contributed by atoms with E-state index in [1.807, 2.05) is 37.4 Å². The maximum absolute atomic E-state index is 13.4. The monoisotopic (exact) mass is 338 g/mol. The molecular weight excluding hydrogens is 318 g/mol. The van der Waals surface area contributed by atoms with Gasteiger partial charge in [-0.1, -0.05) is 6.92 Å². The van der Waals surface area contributed by atoms with Crippen LogP contribution in [0.25, 0.3) is 5.00 Å². The smallest absolute Gasteiger partial charge is 0.261 e. The third kappa shape index (κ3) is 3.23. The number of rotatable bonds is 4. The summed E-state index contributed by atoms with van der Waals surface area (Å²) in [6.07, 6.45) is 0.504. The zero-order valence-electron chi connectivity index (χ0n) is 13.3. The zero-order chi connectivity index (χ0) is 16.6. The second-order valence-corrected chi connectivity index (χ2v) is 6.98. The number of hydrogen-bond acceptors (Lipinski definition) is 3. The summed E-state index contributed by atoms with van der Waals surface area (Å²) in [6, 6.07) is 5.80. The summed E-state index contributed by atoms with van der Waals surface area (Å²) in [7, 11) is 0. The lowest BCUT2D eigenvalue weighted by atomic mass is 10.1. The largest absolute Gasteiger partial charge is 0.293 e. The van der Waals surface area contributed by atoms with Crippen molar-refractivity contribution < 1.29 is 8.78 Å². The van der Waals surface area contributed by atoms with Crippen LogP contribution in [-0.2, 0) is 13.0 Å². The molecule has 1 saturated heterocycles. The number of likely N-dealkylation sites (tertiary alicyclic amines) is 1. The Morgan fingerprint density at radius 2 is 2.17 bits per heavy atom. The highest BCUT2D eigenvalue weighted by molar-refractivity contribution is 7.12. The zero-order valence-corrected chi connectivity index (χ0v) is 14.1. The molecule has 0 aromatic carbocycles. The average molecular weight is 338 g/mol. The van der Waals surface area contributed by atoms with Crippen LogP contribution in [0.1, 0.15) is 30.2 Å². The van der Waals surface area contributed by atoms with E-state index in [9.17, 15) is 13.6 Å². The van der Waals surface area contributed by atoms with Gasteiger partial charge in [0.15, 0.2) is 0 Å². The number of thiophene rings is 1. The van der Waals surface area contributed by atoms with E-state index in [1.165, 1.54) is 11.3 Å². The Morgan fingerprint density at radius 3 is 2.74 bits per heavy atom. The van der Waals surface area contributed by atoms with E-state index in [4.69, 9.17) is 0 Å². The molecule has 6 heteroatoms. The maximum Gasteiger partial charge on any atom is 0.261 e. The van der Waals surface area contributed by atoms with Crippen molar-refractivity contribution in [2.24, 2.45) is 0 Å². The van der Waals surface area contributed by atoms with Crippen molar-refractivity contribution >= 4 is 11.3 Å². The highest BCUT2D eigenvalue weighted by Crippen LogP contribution is 2.28. The van der Waals surface area contributed by atoms with Crippen LogP contribution < -0.4 is 5.56 Å². The predicted molar refractivity (Wildman–Crippen MR) is 88.9 cm³/mol. The molecule has 0 unspecified atom stereocenters. The molecule has 1 aliphatic heterocycles. The fourth-order valence-electron chi connectivity index (χ4n) is 3.21. The van der Waals surface area contributed by atoms with Crippen LogP contribution in [0.4, 0.5) is 8.78 Å². The molecule has 2 aromatic rings. The Kier molecular flexibility index (Phi) is 4.38. The van der Waals surface area contributed by atoms with E-state index in [-0.39, 0.29) is 18.5 Å². The van der Waals surface area contributed by atoms with E-state index in [0.29, 0.717) is 19.5 Å². The van der Waals surface area contributed by atoms with E-state index in [2.05, 4.69) is 0 Å². The van der Waals surface area contributed by atoms with Gasteiger partial charge in [-0.2, -0.15) is 0 Å². The predicted octanol–water partition coefficient (Wildman–Crippen LogP) is 3.61. The average Bonchev–Trinajstić information content (AvgIpc) is 3.09. The van der Waals surface area contributed by atoms with Gasteiger partial charge in [0.05, 0.1) is 6.54 Å². The second kappa shape index (κ2) is 6.17. The van der Waals surface area contributed by atoms with Gasteiger partial charge < -0.3 is 0 Å². The Hall–Kier alpha value is -1.53. The first-order valence-electron chi connectivity index (χ1n) is 7.80. The molecule has 0 radical (unpaired) electrons. The minimum atomic E-state index is -2.60. The first-order valence-corrected chi connectivity index (χ1v) is 8.68. The van der Waals surface area contributed by atoms with Crippen LogP contribution in [0.2, 0.25) is 0 Å². The molecule has 3 heterocycles. The van der Waals surface area contributed by atoms with E-state index in [0.717, 1.165) is 21.8 Å². The van der Waals surface area contributed by atoms with Gasteiger partial charge >= 0.3 is 0 Å². The van der Waals surface area contributed by atoms with E-state index < -0.39 is 5.92 Å². The van der Waals surface area contributed by atoms with Crippen LogP contribution in [0.15, 0.2) is 28.4 Å². The Morgan fingerprint density at radius 1 is 1.39 bits per heavy atom. The molecule has 0 aliphatic carbocycles. The van der Waals surface area contributed by atoms with Gasteiger partial charge in [-0.25, -0.2) is 8.78 Å². The Labute approximate surface area is 138 Å². The first-order chi connectivity index (χ1) is 10.9. The number of halogens is 2. The molecule has 124 valence electrons. The molecular formula is C17H20F2N2OS. The van der Waals surface area contributed by atoms with Crippen molar-refractivity contribution in [3.8, 4) is 5.00 Å². The SMILES string of the molecule is CCc1c(CN2CCC(F)(F)C2)cc(C)n(-c2cccs2)c1=O. The van der Waals surface area contributed by atoms with Crippen molar-refractivity contribution in [2.45, 2.75) is 39.2 Å². The number of aromatic nitrogens is 1. The van der Waals surface area contributed by atoms with Gasteiger partial charge in [-0.05, 0) is 42.5 Å². The van der Waals surface area contributed by atoms with Crippen LogP contribution in [0, 0.1) is 6.92 Å². The molecule has 2 aromatic heterocycles. The number of nitrogens with zero attached hydrogens (tertiary/aromatic N) is 2. The highest BCUT2D eigenvalue weighted by atomic mass is 32.1. The third-order valence-electron chi connectivity index (χ3n) is 4.31. The lowest BCUT2D eigenvalue weighted by molar-refractivity contribution is 0.0115. The van der Waals surface area contributed by atoms with Crippen molar-refractivity contribution in [3.05, 3.63) is 50.8 Å². The number of alkyl halides is 2. The van der Waals surface area contributed by atoms with Gasteiger partial charge in [0.2, 0.25) is 0 Å². The van der Waals surface area contributed by atoms with Crippen molar-refractivity contribution in [1.29, 1.82) is 0 Å². The minimum Gasteiger partial charge on any atom is -0.293 e. The van der Waals surface area contributed by atoms with Gasteiger partial charge in [-0.3, -0.25) is 14.3 Å². The number of hydrogen-bond donors (Lipinski definition) is 0. The van der Waals surface area contributed by atoms with Crippen molar-refractivity contribution in [2.75, 3.05) is 13.1 Å². The molecule has 0 bridgehead atoms. The summed E-state index contributed by atoms with van der Waals surface area (Å²) < 4.78 is 28.5. The topological polar surface area (TPSA) is 25.2 Å². The van der Waals surface area contributed by atoms with Crippen LogP contribution >= 0.6 is 11.3 Å². The Balaban J connectivity index is 1.98. The van der Waals surface area contributed by atoms with Crippen molar-refractivity contribution in [1.82, 2.24) is 9.47 Å². The van der Waals surface area contributed by atoms with Gasteiger partial charge in [0.1, 0.15) is 5.00 Å². The summed E-state index contributed by atoms with van der Waals surface area (Å²) in [5, 5.41) is 2.83. The second-order valence-electron chi connectivity index (χ2n) is 6.05. The summed E-state index contributed by atoms with van der Waals surface area (Å²) in [5.41, 5.74) is 2.41. The van der Waals surface area contributed by atoms with Gasteiger partial charge in [-0.15, -0.1) is 11.3 Å². The molecule has 0 N–H and O–H groups in total. The summed E-state index contributed by atoms with van der Waals surface area (Å²) in [5.74, 6) is -2.60. The van der Waals surface area contributed by atoms with Crippen LogP contribution in [0.3, 0.4) is 0 Å². The molecule has 23 heavy (non-hydrogen) atoms. The van der Waals surface area contributed by atoms with Crippen LogP contribution in [-0.4, -0.2) is 28.5 Å². The van der Waals surface area contributed by atoms with Gasteiger partial charge in [0.25, 0.3) is 11.5 Å². The molecule has 0 saturated carbocycles. The number of aryl methyl sites for hydroxylation is 1. The molecule has 1 fully saturated rings. The standard InChI is InChI=1S/C17H20F2N2OS/c1-3-14-13(10-20-7-6-17(18,19)11-20)9-12(2)21(16(14)22)15-5-4-8-23-15/h4-5,8-9H,3,6-7,10-11H2,1-2H3. The third-order valence-corrected chi connectivity index (χ3v) is 5.16. The fraction of sp³-hybridized carbons (Fsp3) is 0.471. The van der Waals surface area contributed by atoms with E-state index >= 15 is 0 Å². The molecule has 0 atom stereocenters. The van der Waals surface area contributed by atoms with Gasteiger partial charge in [0, 0.05) is 30.8 Å². The lowest BCUT2D eigenvalue weighted by Gasteiger charge is -2.19. The summed E-state index contributed by atoms with van der Waals surface area (Å²) >= 11 is 1.52. The van der Waals surface area contributed by atoms with Crippen LogP contribution in [0.5, 0.6) is 0 Å². The molecule has 0 amide bonds. The molecule has 0 spiro atoms. The summed E-state index contributed by atoms with van der Waals surface area (Å²) in [4.78, 5) is 14.6. The van der Waals surface area contributed by atoms with E-state index in [1.54, 1.807) is 9.47 Å². The fourth-order valence-corrected chi connectivity index (χ4v) is 4.00. The lowest BCUT2D eigenvalue weighted by Crippen LogP contribution is -2.29. The summed E-state index contributed by atoms with van der Waals surface area (Å²) in [6.45, 7) is 4.40. The van der Waals surface area contributed by atoms with Crippen molar-refractivity contribution in [3.63, 3.8) is 0 Å². The maximum atomic E-state index is 13.4. The first kappa shape index (κ1) is 16.3. The quantitative estimate of drug-likeness (QED) is 0.851. The number of pyridine rings is 1.